The first kappa shape index (κ1) is 18.1. The van der Waals surface area contributed by atoms with Crippen molar-refractivity contribution in [1.29, 1.82) is 0 Å². The number of hydrogen-bond donors (Lipinski definition) is 1. The molecule has 0 aliphatic rings. The molecule has 1 aromatic heterocycles. The number of Topliss-reactive ketones (excluding diaryl/α,β-unsaturated/α-hetero) is 1. The molecule has 0 bridgehead atoms. The number of benzene rings is 2. The minimum atomic E-state index is -0.496. The highest BCUT2D eigenvalue weighted by Gasteiger charge is 2.12. The number of phenols is 1. The van der Waals surface area contributed by atoms with Crippen molar-refractivity contribution < 1.29 is 14.8 Å². The second kappa shape index (κ2) is 7.70. The van der Waals surface area contributed by atoms with Crippen molar-refractivity contribution in [1.82, 2.24) is 9.78 Å². The molecule has 0 atom stereocenters. The molecule has 1 N–H and O–H groups in total. The lowest BCUT2D eigenvalue weighted by Crippen LogP contribution is -2.14. The molecule has 0 radical (unpaired) electrons. The van der Waals surface area contributed by atoms with E-state index in [0.29, 0.717) is 10.5 Å². The third-order valence-electron chi connectivity index (χ3n) is 3.41. The summed E-state index contributed by atoms with van der Waals surface area (Å²) in [6.07, 6.45) is 1.49. The molecule has 27 heavy (non-hydrogen) atoms. The second-order valence-electron chi connectivity index (χ2n) is 5.37. The average molecular weight is 383 g/mol. The van der Waals surface area contributed by atoms with E-state index in [9.17, 15) is 20.0 Å². The first-order valence-electron chi connectivity index (χ1n) is 7.66. The topological polar surface area (TPSA) is 123 Å². The van der Waals surface area contributed by atoms with Gasteiger partial charge in [-0.05, 0) is 42.0 Å². The zero-order valence-corrected chi connectivity index (χ0v) is 14.8. The summed E-state index contributed by atoms with van der Waals surface area (Å²) in [6.45, 7) is 1.39. The molecule has 0 spiro atoms. The van der Waals surface area contributed by atoms with Crippen LogP contribution in [-0.2, 0) is 0 Å². The Kier molecular flexibility index (Phi) is 5.18. The lowest BCUT2D eigenvalue weighted by atomic mass is 10.2. The molecular weight excluding hydrogens is 370 g/mol. The Morgan fingerprint density at radius 3 is 2.48 bits per heavy atom. The van der Waals surface area contributed by atoms with Crippen LogP contribution in [0.1, 0.15) is 22.3 Å². The maximum absolute atomic E-state index is 11.7. The van der Waals surface area contributed by atoms with Crippen molar-refractivity contribution in [2.24, 2.45) is 10.2 Å². The average Bonchev–Trinajstić information content (AvgIpc) is 3.08. The van der Waals surface area contributed by atoms with Crippen LogP contribution in [0.5, 0.6) is 5.75 Å². The molecule has 3 rings (SSSR count). The van der Waals surface area contributed by atoms with E-state index >= 15 is 0 Å². The van der Waals surface area contributed by atoms with Gasteiger partial charge >= 0.3 is 0 Å². The molecule has 1 heterocycles. The summed E-state index contributed by atoms with van der Waals surface area (Å²) in [5.41, 5.74) is 1.20. The van der Waals surface area contributed by atoms with E-state index in [1.807, 2.05) is 0 Å². The van der Waals surface area contributed by atoms with Crippen LogP contribution in [0.2, 0.25) is 0 Å². The number of carbonyl (C=O) groups is 1. The molecule has 0 fully saturated rings. The van der Waals surface area contributed by atoms with E-state index < -0.39 is 4.92 Å². The van der Waals surface area contributed by atoms with Crippen LogP contribution in [0.3, 0.4) is 0 Å². The first-order valence-corrected chi connectivity index (χ1v) is 8.48. The molecule has 3 aromatic rings. The molecular formula is C17H13N5O4S. The summed E-state index contributed by atoms with van der Waals surface area (Å²) in [7, 11) is 0. The molecule has 0 unspecified atom stereocenters. The monoisotopic (exact) mass is 383 g/mol. The maximum Gasteiger partial charge on any atom is 0.269 e. The number of rotatable bonds is 5. The predicted molar refractivity (Wildman–Crippen MR) is 99.4 cm³/mol. The van der Waals surface area contributed by atoms with Gasteiger partial charge in [0.2, 0.25) is 4.80 Å². The highest BCUT2D eigenvalue weighted by atomic mass is 32.1. The van der Waals surface area contributed by atoms with Crippen LogP contribution in [-0.4, -0.2) is 31.8 Å². The number of nitrogens with zero attached hydrogens (tertiary/aromatic N) is 5. The van der Waals surface area contributed by atoms with E-state index in [0.717, 1.165) is 16.9 Å². The Balaban J connectivity index is 1.99. The van der Waals surface area contributed by atoms with Crippen molar-refractivity contribution >= 4 is 29.0 Å². The summed E-state index contributed by atoms with van der Waals surface area (Å²) >= 11 is 1.06. The molecule has 0 amide bonds. The number of aromatic hydroxyl groups is 1. The summed E-state index contributed by atoms with van der Waals surface area (Å²) in [5, 5.41) is 32.6. The SMILES string of the molecule is CC(=O)c1nn(-c2ccc([N+](=O)[O-])cc2)c(=NN=Cc2ccc(O)cc2)s1. The van der Waals surface area contributed by atoms with E-state index in [-0.39, 0.29) is 22.2 Å². The molecule has 0 saturated heterocycles. The van der Waals surface area contributed by atoms with Crippen molar-refractivity contribution in [2.45, 2.75) is 6.92 Å². The summed E-state index contributed by atoms with van der Waals surface area (Å²) in [5.74, 6) is -0.0757. The standard InChI is InChI=1S/C17H13N5O4S/c1-11(23)16-20-21(13-4-6-14(7-5-13)22(25)26)17(27-16)19-18-10-12-2-8-15(24)9-3-12/h2-10,24H,1H3. The van der Waals surface area contributed by atoms with E-state index in [1.165, 1.54) is 54.2 Å². The first-order chi connectivity index (χ1) is 12.9. The molecule has 2 aromatic carbocycles. The number of ketones is 1. The summed E-state index contributed by atoms with van der Waals surface area (Å²) in [4.78, 5) is 22.3. The highest BCUT2D eigenvalue weighted by Crippen LogP contribution is 2.15. The van der Waals surface area contributed by atoms with Crippen LogP contribution < -0.4 is 4.80 Å². The minimum absolute atomic E-state index is 0.0507. The molecule has 136 valence electrons. The van der Waals surface area contributed by atoms with Gasteiger partial charge in [-0.3, -0.25) is 14.9 Å². The van der Waals surface area contributed by atoms with Crippen LogP contribution >= 0.6 is 11.3 Å². The summed E-state index contributed by atoms with van der Waals surface area (Å²) in [6, 6.07) is 12.1. The van der Waals surface area contributed by atoms with Gasteiger partial charge in [0.25, 0.3) is 5.69 Å². The van der Waals surface area contributed by atoms with Crippen LogP contribution in [0.15, 0.2) is 58.7 Å². The van der Waals surface area contributed by atoms with Gasteiger partial charge in [0.05, 0.1) is 16.8 Å². The lowest BCUT2D eigenvalue weighted by molar-refractivity contribution is -0.384. The smallest absolute Gasteiger partial charge is 0.269 e. The second-order valence-corrected chi connectivity index (χ2v) is 6.32. The Hall–Kier alpha value is -3.66. The molecule has 9 nitrogen and oxygen atoms in total. The fourth-order valence-electron chi connectivity index (χ4n) is 2.08. The minimum Gasteiger partial charge on any atom is -0.508 e. The van der Waals surface area contributed by atoms with Gasteiger partial charge in [-0.1, -0.05) is 11.3 Å². The largest absolute Gasteiger partial charge is 0.508 e. The molecule has 0 aliphatic carbocycles. The Labute approximate surface area is 156 Å². The zero-order valence-electron chi connectivity index (χ0n) is 14.0. The Morgan fingerprint density at radius 2 is 1.89 bits per heavy atom. The molecule has 0 saturated carbocycles. The lowest BCUT2D eigenvalue weighted by Gasteiger charge is -1.99. The van der Waals surface area contributed by atoms with Gasteiger partial charge in [0, 0.05) is 19.1 Å². The van der Waals surface area contributed by atoms with Crippen LogP contribution in [0.25, 0.3) is 5.69 Å². The highest BCUT2D eigenvalue weighted by molar-refractivity contribution is 7.10. The number of nitro groups is 1. The van der Waals surface area contributed by atoms with Gasteiger partial charge in [-0.25, -0.2) is 4.68 Å². The molecule has 0 aliphatic heterocycles. The van der Waals surface area contributed by atoms with Gasteiger partial charge < -0.3 is 5.11 Å². The zero-order chi connectivity index (χ0) is 19.4. The predicted octanol–water partition coefficient (Wildman–Crippen LogP) is 2.69. The van der Waals surface area contributed by atoms with Crippen molar-refractivity contribution in [3.05, 3.63) is 74.0 Å². The Morgan fingerprint density at radius 1 is 1.22 bits per heavy atom. The van der Waals surface area contributed by atoms with Crippen molar-refractivity contribution in [3.63, 3.8) is 0 Å². The van der Waals surface area contributed by atoms with E-state index in [2.05, 4.69) is 15.3 Å². The normalized spacial score (nSPS) is 11.8. The number of carbonyl (C=O) groups excluding carboxylic acids is 1. The van der Waals surface area contributed by atoms with Crippen molar-refractivity contribution in [2.75, 3.05) is 0 Å². The third-order valence-corrected chi connectivity index (χ3v) is 4.41. The van der Waals surface area contributed by atoms with E-state index in [4.69, 9.17) is 0 Å². The quantitative estimate of drug-likeness (QED) is 0.314. The van der Waals surface area contributed by atoms with E-state index in [1.54, 1.807) is 12.1 Å². The van der Waals surface area contributed by atoms with Crippen molar-refractivity contribution in [3.8, 4) is 11.4 Å². The van der Waals surface area contributed by atoms with Crippen LogP contribution in [0, 0.1) is 10.1 Å². The number of phenolic OH excluding ortho intramolecular Hbond substituents is 1. The number of nitro benzene ring substituents is 1. The Bertz CT molecular complexity index is 1080. The number of aromatic nitrogens is 2. The fourth-order valence-corrected chi connectivity index (χ4v) is 2.84. The van der Waals surface area contributed by atoms with Gasteiger partial charge in [-0.15, -0.1) is 5.10 Å². The number of hydrogen-bond acceptors (Lipinski definition) is 8. The maximum atomic E-state index is 11.7. The summed E-state index contributed by atoms with van der Waals surface area (Å²) < 4.78 is 1.40. The third kappa shape index (κ3) is 4.30. The number of non-ortho nitro benzene ring substituents is 1. The fraction of sp³-hybridized carbons (Fsp3) is 0.0588. The van der Waals surface area contributed by atoms with Gasteiger partial charge in [0.1, 0.15) is 5.75 Å². The van der Waals surface area contributed by atoms with Gasteiger partial charge in [-0.2, -0.15) is 10.2 Å². The van der Waals surface area contributed by atoms with Crippen LogP contribution in [0.4, 0.5) is 5.69 Å². The molecule has 10 heteroatoms. The van der Waals surface area contributed by atoms with Gasteiger partial charge in [0.15, 0.2) is 10.8 Å².